The molecule has 5 nitrogen and oxygen atoms in total. The van der Waals surface area contributed by atoms with E-state index in [0.717, 1.165) is 25.8 Å². The molecule has 0 aromatic heterocycles. The van der Waals surface area contributed by atoms with Gasteiger partial charge in [0.15, 0.2) is 0 Å². The zero-order valence-electron chi connectivity index (χ0n) is 14.3. The van der Waals surface area contributed by atoms with E-state index in [1.165, 1.54) is 0 Å². The van der Waals surface area contributed by atoms with Crippen LogP contribution in [-0.2, 0) is 14.3 Å². The number of likely N-dealkylation sites (tertiary alicyclic amines) is 1. The molecule has 5 heteroatoms. The number of rotatable bonds is 5. The van der Waals surface area contributed by atoms with Crippen molar-refractivity contribution in [3.63, 3.8) is 0 Å². The maximum atomic E-state index is 12.2. The SMILES string of the molecule is CCC(C)(C)NC(=O)CN1CCC[C@@H]1C(=O)OC(C)(C)C. The van der Waals surface area contributed by atoms with E-state index in [0.29, 0.717) is 0 Å². The van der Waals surface area contributed by atoms with E-state index in [1.807, 2.05) is 46.4 Å². The van der Waals surface area contributed by atoms with Crippen LogP contribution < -0.4 is 5.32 Å². The van der Waals surface area contributed by atoms with Gasteiger partial charge in [-0.25, -0.2) is 0 Å². The van der Waals surface area contributed by atoms with Crippen LogP contribution in [0.1, 0.15) is 60.8 Å². The summed E-state index contributed by atoms with van der Waals surface area (Å²) in [6.07, 6.45) is 2.56. The van der Waals surface area contributed by atoms with Crippen molar-refractivity contribution in [1.29, 1.82) is 0 Å². The molecule has 0 spiro atoms. The normalized spacial score (nSPS) is 20.4. The van der Waals surface area contributed by atoms with Crippen LogP contribution in [0.5, 0.6) is 0 Å². The fourth-order valence-electron chi connectivity index (χ4n) is 2.34. The molecule has 1 heterocycles. The predicted molar refractivity (Wildman–Crippen MR) is 83.0 cm³/mol. The predicted octanol–water partition coefficient (Wildman–Crippen LogP) is 2.10. The highest BCUT2D eigenvalue weighted by atomic mass is 16.6. The third-order valence-corrected chi connectivity index (χ3v) is 3.75. The van der Waals surface area contributed by atoms with Crippen molar-refractivity contribution in [2.24, 2.45) is 0 Å². The van der Waals surface area contributed by atoms with Crippen molar-refractivity contribution >= 4 is 11.9 Å². The summed E-state index contributed by atoms with van der Waals surface area (Å²) in [7, 11) is 0. The van der Waals surface area contributed by atoms with E-state index >= 15 is 0 Å². The van der Waals surface area contributed by atoms with Crippen LogP contribution in [0.3, 0.4) is 0 Å². The molecule has 0 saturated carbocycles. The van der Waals surface area contributed by atoms with Gasteiger partial charge in [0.25, 0.3) is 0 Å². The van der Waals surface area contributed by atoms with Gasteiger partial charge in [-0.05, 0) is 60.4 Å². The van der Waals surface area contributed by atoms with Gasteiger partial charge in [0.1, 0.15) is 11.6 Å². The zero-order chi connectivity index (χ0) is 16.3. The van der Waals surface area contributed by atoms with Gasteiger partial charge in [-0.15, -0.1) is 0 Å². The lowest BCUT2D eigenvalue weighted by molar-refractivity contribution is -0.160. The van der Waals surface area contributed by atoms with Crippen molar-refractivity contribution in [1.82, 2.24) is 10.2 Å². The van der Waals surface area contributed by atoms with Crippen LogP contribution in [0.2, 0.25) is 0 Å². The molecule has 1 aliphatic heterocycles. The van der Waals surface area contributed by atoms with Gasteiger partial charge in [-0.2, -0.15) is 0 Å². The molecule has 0 bridgehead atoms. The number of hydrogen-bond acceptors (Lipinski definition) is 4. The lowest BCUT2D eigenvalue weighted by atomic mass is 10.0. The van der Waals surface area contributed by atoms with Crippen molar-refractivity contribution in [2.75, 3.05) is 13.1 Å². The van der Waals surface area contributed by atoms with Crippen molar-refractivity contribution in [3.8, 4) is 0 Å². The second-order valence-corrected chi connectivity index (χ2v) is 7.45. The summed E-state index contributed by atoms with van der Waals surface area (Å²) in [6.45, 7) is 12.7. The second kappa shape index (κ2) is 6.77. The Morgan fingerprint density at radius 1 is 1.24 bits per heavy atom. The first-order chi connectivity index (χ1) is 9.54. The van der Waals surface area contributed by atoms with Crippen molar-refractivity contribution < 1.29 is 14.3 Å². The Morgan fingerprint density at radius 2 is 1.86 bits per heavy atom. The number of nitrogens with zero attached hydrogens (tertiary/aromatic N) is 1. The first kappa shape index (κ1) is 18.0. The molecule has 0 aromatic carbocycles. The van der Waals surface area contributed by atoms with Crippen molar-refractivity contribution in [2.45, 2.75) is 78.0 Å². The minimum atomic E-state index is -0.488. The van der Waals surface area contributed by atoms with E-state index in [-0.39, 0.29) is 30.0 Å². The first-order valence-electron chi connectivity index (χ1n) is 7.82. The quantitative estimate of drug-likeness (QED) is 0.790. The molecule has 21 heavy (non-hydrogen) atoms. The van der Waals surface area contributed by atoms with E-state index in [1.54, 1.807) is 0 Å². The van der Waals surface area contributed by atoms with Crippen LogP contribution in [-0.4, -0.2) is 47.0 Å². The molecule has 1 amide bonds. The second-order valence-electron chi connectivity index (χ2n) is 7.45. The van der Waals surface area contributed by atoms with E-state index in [4.69, 9.17) is 4.74 Å². The maximum absolute atomic E-state index is 12.2. The fourth-order valence-corrected chi connectivity index (χ4v) is 2.34. The lowest BCUT2D eigenvalue weighted by Gasteiger charge is -2.29. The Morgan fingerprint density at radius 3 is 2.38 bits per heavy atom. The van der Waals surface area contributed by atoms with Gasteiger partial charge in [0, 0.05) is 5.54 Å². The third kappa shape index (κ3) is 6.04. The molecule has 0 aromatic rings. The lowest BCUT2D eigenvalue weighted by Crippen LogP contribution is -2.50. The van der Waals surface area contributed by atoms with Crippen molar-refractivity contribution in [3.05, 3.63) is 0 Å². The summed E-state index contributed by atoms with van der Waals surface area (Å²) in [6, 6.07) is -0.292. The summed E-state index contributed by atoms with van der Waals surface area (Å²) >= 11 is 0. The smallest absolute Gasteiger partial charge is 0.323 e. The molecular weight excluding hydrogens is 268 g/mol. The Labute approximate surface area is 128 Å². The van der Waals surface area contributed by atoms with Crippen LogP contribution in [0.4, 0.5) is 0 Å². The zero-order valence-corrected chi connectivity index (χ0v) is 14.3. The van der Waals surface area contributed by atoms with E-state index in [9.17, 15) is 9.59 Å². The molecule has 1 aliphatic rings. The Hall–Kier alpha value is -1.10. The largest absolute Gasteiger partial charge is 0.459 e. The standard InChI is InChI=1S/C16H30N2O3/c1-7-16(5,6)17-13(19)11-18-10-8-9-12(18)14(20)21-15(2,3)4/h12H,7-11H2,1-6H3,(H,17,19)/t12-/m1/s1. The number of carbonyl (C=O) groups excluding carboxylic acids is 2. The van der Waals surface area contributed by atoms with E-state index < -0.39 is 5.60 Å². The number of esters is 1. The molecule has 0 aliphatic carbocycles. The summed E-state index contributed by atoms with van der Waals surface area (Å²) < 4.78 is 5.44. The van der Waals surface area contributed by atoms with Gasteiger partial charge < -0.3 is 10.1 Å². The number of nitrogens with one attached hydrogen (secondary N) is 1. The Kier molecular flexibility index (Phi) is 5.79. The van der Waals surface area contributed by atoms with Gasteiger partial charge in [-0.3, -0.25) is 14.5 Å². The molecule has 122 valence electrons. The summed E-state index contributed by atoms with van der Waals surface area (Å²) in [5.41, 5.74) is -0.698. The summed E-state index contributed by atoms with van der Waals surface area (Å²) in [5.74, 6) is -0.250. The number of hydrogen-bond donors (Lipinski definition) is 1. The fraction of sp³-hybridized carbons (Fsp3) is 0.875. The van der Waals surface area contributed by atoms with Gasteiger partial charge in [0.05, 0.1) is 6.54 Å². The molecule has 0 radical (unpaired) electrons. The maximum Gasteiger partial charge on any atom is 0.323 e. The highest BCUT2D eigenvalue weighted by molar-refractivity contribution is 5.81. The van der Waals surface area contributed by atoms with Crippen LogP contribution in [0.15, 0.2) is 0 Å². The monoisotopic (exact) mass is 298 g/mol. The minimum absolute atomic E-state index is 0.0303. The van der Waals surface area contributed by atoms with Crippen LogP contribution in [0.25, 0.3) is 0 Å². The molecule has 1 rings (SSSR count). The summed E-state index contributed by atoms with van der Waals surface area (Å²) in [5, 5.41) is 3.01. The number of ether oxygens (including phenoxy) is 1. The molecule has 1 N–H and O–H groups in total. The average Bonchev–Trinajstić information content (AvgIpc) is 2.74. The van der Waals surface area contributed by atoms with E-state index in [2.05, 4.69) is 5.32 Å². The number of carbonyl (C=O) groups is 2. The van der Waals surface area contributed by atoms with Gasteiger partial charge in [0.2, 0.25) is 5.91 Å². The molecule has 1 saturated heterocycles. The van der Waals surface area contributed by atoms with Crippen LogP contribution >= 0.6 is 0 Å². The van der Waals surface area contributed by atoms with Crippen LogP contribution in [0, 0.1) is 0 Å². The van der Waals surface area contributed by atoms with Gasteiger partial charge >= 0.3 is 5.97 Å². The highest BCUT2D eigenvalue weighted by Gasteiger charge is 2.35. The molecule has 1 fully saturated rings. The average molecular weight is 298 g/mol. The first-order valence-corrected chi connectivity index (χ1v) is 7.82. The Balaban J connectivity index is 2.58. The third-order valence-electron chi connectivity index (χ3n) is 3.75. The Bertz CT molecular complexity index is 385. The van der Waals surface area contributed by atoms with Gasteiger partial charge in [-0.1, -0.05) is 6.92 Å². The molecule has 0 unspecified atom stereocenters. The summed E-state index contributed by atoms with van der Waals surface area (Å²) in [4.78, 5) is 26.2. The number of amides is 1. The molecule has 1 atom stereocenters. The molecular formula is C16H30N2O3. The highest BCUT2D eigenvalue weighted by Crippen LogP contribution is 2.21. The minimum Gasteiger partial charge on any atom is -0.459 e. The topological polar surface area (TPSA) is 58.6 Å².